The highest BCUT2D eigenvalue weighted by atomic mass is 31.1. The van der Waals surface area contributed by atoms with Crippen molar-refractivity contribution < 1.29 is 39.0 Å². The average molecular weight is 252 g/mol. The first-order valence-electron chi connectivity index (χ1n) is 3.98. The number of hydrogen-bond acceptors (Lipinski definition) is 7. The molecule has 0 unspecified atom stereocenters. The summed E-state index contributed by atoms with van der Waals surface area (Å²) in [7, 11) is -1.08. The van der Waals surface area contributed by atoms with Crippen LogP contribution in [0.4, 0.5) is 0 Å². The summed E-state index contributed by atoms with van der Waals surface area (Å²) < 4.78 is 14.2. The monoisotopic (exact) mass is 252 g/mol. The number of aliphatic carboxylic acids is 1. The van der Waals surface area contributed by atoms with Gasteiger partial charge in [0.15, 0.2) is 18.3 Å². The molecule has 0 aliphatic heterocycles. The molecule has 0 amide bonds. The van der Waals surface area contributed by atoms with E-state index >= 15 is 0 Å². The molecular weight excluding hydrogens is 243 g/mol. The molecule has 3 N–H and O–H groups in total. The summed E-state index contributed by atoms with van der Waals surface area (Å²) in [6, 6.07) is 0. The number of ether oxygens (including phenoxy) is 1. The Kier molecular flexibility index (Phi) is 5.73. The average Bonchev–Trinajstić information content (AvgIpc) is 2.25. The van der Waals surface area contributed by atoms with Gasteiger partial charge in [0.1, 0.15) is 0 Å². The van der Waals surface area contributed by atoms with Crippen LogP contribution in [0.15, 0.2) is 0 Å². The molecule has 0 aromatic carbocycles. The molecule has 0 rings (SSSR count). The Morgan fingerprint density at radius 1 is 1.19 bits per heavy atom. The lowest BCUT2D eigenvalue weighted by Crippen LogP contribution is -2.41. The second kappa shape index (κ2) is 6.26. The van der Waals surface area contributed by atoms with E-state index in [1.165, 1.54) is 0 Å². The minimum absolute atomic E-state index is 1.02. The predicted molar refractivity (Wildman–Crippen MR) is 47.8 cm³/mol. The minimum Gasteiger partial charge on any atom is -0.479 e. The zero-order valence-corrected chi connectivity index (χ0v) is 8.96. The first-order chi connectivity index (χ1) is 7.31. The van der Waals surface area contributed by atoms with E-state index in [0.717, 1.165) is 6.92 Å². The summed E-state index contributed by atoms with van der Waals surface area (Å²) in [6.45, 7) is 1.02. The second-order valence-electron chi connectivity index (χ2n) is 2.74. The highest BCUT2D eigenvalue weighted by Crippen LogP contribution is 2.07. The maximum Gasteiger partial charge on any atom is 0.344 e. The largest absolute Gasteiger partial charge is 0.479 e. The van der Waals surface area contributed by atoms with Crippen LogP contribution in [0.1, 0.15) is 6.92 Å². The van der Waals surface area contributed by atoms with Crippen LogP contribution in [0, 0.1) is 0 Å². The Balaban J connectivity index is 4.44. The van der Waals surface area contributed by atoms with Gasteiger partial charge in [0, 0.05) is 0 Å². The van der Waals surface area contributed by atoms with E-state index in [-0.39, 0.29) is 0 Å². The van der Waals surface area contributed by atoms with Crippen LogP contribution in [0.2, 0.25) is 0 Å². The minimum atomic E-state index is -2.27. The van der Waals surface area contributed by atoms with Gasteiger partial charge in [-0.25, -0.2) is 9.59 Å². The SMILES string of the molecule is C[C@H](OC(=O)[C@H](O)[C@@H](O)C(=O)P=O)C(=O)O. The molecule has 0 aliphatic carbocycles. The van der Waals surface area contributed by atoms with E-state index in [0.29, 0.717) is 0 Å². The fourth-order valence-corrected chi connectivity index (χ4v) is 0.862. The Morgan fingerprint density at radius 3 is 2.06 bits per heavy atom. The lowest BCUT2D eigenvalue weighted by molar-refractivity contribution is -0.173. The molecule has 0 aromatic rings. The third kappa shape index (κ3) is 4.01. The summed E-state index contributed by atoms with van der Waals surface area (Å²) in [4.78, 5) is 31.9. The Bertz CT molecular complexity index is 314. The first kappa shape index (κ1) is 14.6. The Morgan fingerprint density at radius 2 is 1.69 bits per heavy atom. The van der Waals surface area contributed by atoms with Crippen LogP contribution >= 0.6 is 8.46 Å². The van der Waals surface area contributed by atoms with Crippen molar-refractivity contribution in [1.29, 1.82) is 0 Å². The molecule has 0 spiro atoms. The molecule has 0 aromatic heterocycles. The highest BCUT2D eigenvalue weighted by molar-refractivity contribution is 7.46. The maximum atomic E-state index is 11.0. The molecule has 90 valence electrons. The topological polar surface area (TPSA) is 138 Å². The van der Waals surface area contributed by atoms with Crippen molar-refractivity contribution in [3.8, 4) is 0 Å². The standard InChI is InChI=1S/C7H9O8P/c1-2(5(10)11)15-6(12)3(8)4(9)7(13)16-14/h2-4,8-9H,1H3,(H,10,11)/t2-,3+,4+/m0/s1. The predicted octanol–water partition coefficient (Wildman–Crippen LogP) is -1.46. The van der Waals surface area contributed by atoms with Gasteiger partial charge < -0.3 is 20.1 Å². The summed E-state index contributed by atoms with van der Waals surface area (Å²) in [6.07, 6.45) is -6.02. The maximum absolute atomic E-state index is 11.0. The number of rotatable bonds is 6. The highest BCUT2D eigenvalue weighted by Gasteiger charge is 2.33. The normalized spacial score (nSPS) is 16.2. The molecule has 0 aliphatic rings. The zero-order valence-electron chi connectivity index (χ0n) is 8.06. The van der Waals surface area contributed by atoms with Gasteiger partial charge in [0.2, 0.25) is 8.46 Å². The third-order valence-electron chi connectivity index (χ3n) is 1.52. The number of aliphatic hydroxyl groups is 2. The van der Waals surface area contributed by atoms with E-state index in [4.69, 9.17) is 15.3 Å². The van der Waals surface area contributed by atoms with E-state index < -0.39 is 44.2 Å². The van der Waals surface area contributed by atoms with E-state index in [2.05, 4.69) is 4.74 Å². The van der Waals surface area contributed by atoms with E-state index in [1.54, 1.807) is 0 Å². The van der Waals surface area contributed by atoms with Crippen LogP contribution < -0.4 is 0 Å². The second-order valence-corrected chi connectivity index (χ2v) is 3.36. The molecule has 0 bridgehead atoms. The molecule has 0 saturated carbocycles. The molecule has 0 fully saturated rings. The first-order valence-corrected chi connectivity index (χ1v) is 4.79. The van der Waals surface area contributed by atoms with Crippen molar-refractivity contribution in [1.82, 2.24) is 0 Å². The Hall–Kier alpha value is -1.37. The van der Waals surface area contributed by atoms with Crippen LogP contribution in [-0.2, 0) is 23.7 Å². The van der Waals surface area contributed by atoms with E-state index in [9.17, 15) is 18.9 Å². The van der Waals surface area contributed by atoms with Crippen LogP contribution in [0.3, 0.4) is 0 Å². The fourth-order valence-electron chi connectivity index (χ4n) is 0.612. The number of carboxylic acids is 1. The van der Waals surface area contributed by atoms with Crippen LogP contribution in [0.25, 0.3) is 0 Å². The van der Waals surface area contributed by atoms with Gasteiger partial charge in [0.25, 0.3) is 5.52 Å². The number of carbonyl (C=O) groups excluding carboxylic acids is 2. The van der Waals surface area contributed by atoms with Crippen molar-refractivity contribution in [2.75, 3.05) is 0 Å². The van der Waals surface area contributed by atoms with E-state index in [1.807, 2.05) is 0 Å². The van der Waals surface area contributed by atoms with Crippen LogP contribution in [-0.4, -0.2) is 51.1 Å². The van der Waals surface area contributed by atoms with Crippen LogP contribution in [0.5, 0.6) is 0 Å². The summed E-state index contributed by atoms with van der Waals surface area (Å²) in [5.41, 5.74) is -1.31. The number of carboxylic acid groups (broad SMARTS) is 1. The molecule has 9 heteroatoms. The lowest BCUT2D eigenvalue weighted by Gasteiger charge is -2.15. The fraction of sp³-hybridized carbons (Fsp3) is 0.571. The smallest absolute Gasteiger partial charge is 0.344 e. The number of esters is 1. The molecule has 16 heavy (non-hydrogen) atoms. The van der Waals surface area contributed by atoms with Gasteiger partial charge >= 0.3 is 11.9 Å². The Labute approximate surface area is 91.0 Å². The molecule has 0 heterocycles. The number of aliphatic hydroxyl groups excluding tert-OH is 2. The van der Waals surface area contributed by atoms with Crippen molar-refractivity contribution >= 4 is 25.9 Å². The van der Waals surface area contributed by atoms with Crippen molar-refractivity contribution in [3.05, 3.63) is 0 Å². The summed E-state index contributed by atoms with van der Waals surface area (Å²) in [5, 5.41) is 26.4. The van der Waals surface area contributed by atoms with Crippen molar-refractivity contribution in [2.45, 2.75) is 25.2 Å². The molecule has 0 saturated heterocycles. The molecule has 8 nitrogen and oxygen atoms in total. The number of hydrogen-bond donors (Lipinski definition) is 3. The number of carbonyl (C=O) groups is 3. The quantitative estimate of drug-likeness (QED) is 0.385. The van der Waals surface area contributed by atoms with Crippen molar-refractivity contribution in [3.63, 3.8) is 0 Å². The van der Waals surface area contributed by atoms with Crippen molar-refractivity contribution in [2.24, 2.45) is 0 Å². The van der Waals surface area contributed by atoms with Gasteiger partial charge in [-0.15, -0.1) is 0 Å². The van der Waals surface area contributed by atoms with Gasteiger partial charge in [-0.05, 0) is 6.92 Å². The molecule has 3 atom stereocenters. The van der Waals surface area contributed by atoms with Gasteiger partial charge in [0.05, 0.1) is 0 Å². The molecule has 0 radical (unpaired) electrons. The van der Waals surface area contributed by atoms with Gasteiger partial charge in [-0.3, -0.25) is 9.36 Å². The van der Waals surface area contributed by atoms with Gasteiger partial charge in [-0.1, -0.05) is 0 Å². The summed E-state index contributed by atoms with van der Waals surface area (Å²) >= 11 is 0. The third-order valence-corrected chi connectivity index (χ3v) is 1.97. The summed E-state index contributed by atoms with van der Waals surface area (Å²) in [5.74, 6) is -2.94. The lowest BCUT2D eigenvalue weighted by atomic mass is 10.2. The van der Waals surface area contributed by atoms with Gasteiger partial charge in [-0.2, -0.15) is 0 Å². The molecular formula is C7H9O8P. The zero-order chi connectivity index (χ0) is 12.9.